The van der Waals surface area contributed by atoms with Gasteiger partial charge in [-0.1, -0.05) is 0 Å². The third kappa shape index (κ3) is 6.91. The van der Waals surface area contributed by atoms with Crippen LogP contribution in [0.4, 0.5) is 11.4 Å². The van der Waals surface area contributed by atoms with E-state index >= 15 is 0 Å². The number of benzene rings is 1. The average Bonchev–Trinajstić information content (AvgIpc) is 2.47. The molecule has 0 unspecified atom stereocenters. The van der Waals surface area contributed by atoms with Crippen LogP contribution in [0.1, 0.15) is 0 Å². The first kappa shape index (κ1) is 19.3. The summed E-state index contributed by atoms with van der Waals surface area (Å²) < 4.78 is 32.1. The van der Waals surface area contributed by atoms with Crippen LogP contribution in [-0.4, -0.2) is 69.8 Å². The number of rotatable bonds is 3. The first-order valence-electron chi connectivity index (χ1n) is 6.87. The Kier molecular flexibility index (Phi) is 6.45. The molecule has 0 aliphatic carbocycles. The van der Waals surface area contributed by atoms with Gasteiger partial charge in [0.2, 0.25) is 10.4 Å². The largest absolute Gasteiger partial charge is 0.726 e. The lowest BCUT2D eigenvalue weighted by Crippen LogP contribution is -2.54. The van der Waals surface area contributed by atoms with Crippen LogP contribution in [0.15, 0.2) is 24.3 Å². The van der Waals surface area contributed by atoms with Gasteiger partial charge in [0, 0.05) is 17.8 Å². The van der Waals surface area contributed by atoms with Gasteiger partial charge in [-0.15, -0.1) is 0 Å². The zero-order valence-corrected chi connectivity index (χ0v) is 14.2. The summed E-state index contributed by atoms with van der Waals surface area (Å²) in [7, 11) is 0.855. The van der Waals surface area contributed by atoms with Crippen molar-refractivity contribution in [1.29, 1.82) is 0 Å². The van der Waals surface area contributed by atoms with Gasteiger partial charge in [0.15, 0.2) is 0 Å². The fourth-order valence-electron chi connectivity index (χ4n) is 2.05. The van der Waals surface area contributed by atoms with Crippen molar-refractivity contribution in [2.24, 2.45) is 0 Å². The number of nitrogens with zero attached hydrogens (tertiary/aromatic N) is 3. The van der Waals surface area contributed by atoms with Gasteiger partial charge in [-0.05, 0) is 12.1 Å². The lowest BCUT2D eigenvalue weighted by Gasteiger charge is -2.40. The molecule has 2 rings (SSSR count). The Labute approximate surface area is 135 Å². The van der Waals surface area contributed by atoms with Crippen molar-refractivity contribution >= 4 is 21.8 Å². The van der Waals surface area contributed by atoms with Gasteiger partial charge in [0.05, 0.1) is 52.3 Å². The topological polar surface area (TPSA) is 113 Å². The van der Waals surface area contributed by atoms with Crippen molar-refractivity contribution in [3.8, 4) is 0 Å². The molecule has 130 valence electrons. The van der Waals surface area contributed by atoms with E-state index in [1.165, 1.54) is 0 Å². The average molecular weight is 347 g/mol. The summed E-state index contributed by atoms with van der Waals surface area (Å²) in [6.45, 7) is 4.23. The zero-order chi connectivity index (χ0) is 17.7. The highest BCUT2D eigenvalue weighted by molar-refractivity contribution is 7.80. The number of likely N-dealkylation sites (N-methyl/N-ethyl adjacent to an activating group) is 1. The Morgan fingerprint density at radius 1 is 1.17 bits per heavy atom. The van der Waals surface area contributed by atoms with Crippen LogP contribution in [0.5, 0.6) is 0 Å². The molecule has 10 heteroatoms. The van der Waals surface area contributed by atoms with Gasteiger partial charge >= 0.3 is 0 Å². The van der Waals surface area contributed by atoms with E-state index in [1.54, 1.807) is 12.1 Å². The highest BCUT2D eigenvalue weighted by atomic mass is 32.3. The van der Waals surface area contributed by atoms with E-state index in [2.05, 4.69) is 23.2 Å². The molecule has 1 saturated heterocycles. The first-order valence-corrected chi connectivity index (χ1v) is 8.20. The van der Waals surface area contributed by atoms with Crippen LogP contribution >= 0.6 is 0 Å². The van der Waals surface area contributed by atoms with Crippen molar-refractivity contribution in [2.45, 2.75) is 0 Å². The van der Waals surface area contributed by atoms with Crippen molar-refractivity contribution in [2.75, 3.05) is 52.3 Å². The molecule has 0 spiro atoms. The fourth-order valence-corrected chi connectivity index (χ4v) is 2.05. The van der Waals surface area contributed by atoms with E-state index in [0.29, 0.717) is 0 Å². The van der Waals surface area contributed by atoms with Crippen LogP contribution in [0.2, 0.25) is 0 Å². The van der Waals surface area contributed by atoms with Gasteiger partial charge < -0.3 is 13.9 Å². The molecule has 0 atom stereocenters. The molecule has 1 aromatic rings. The van der Waals surface area contributed by atoms with E-state index in [-0.39, 0.29) is 10.6 Å². The fraction of sp³-hybridized carbons (Fsp3) is 0.538. The van der Waals surface area contributed by atoms with Crippen molar-refractivity contribution in [3.63, 3.8) is 0 Å². The van der Waals surface area contributed by atoms with E-state index in [9.17, 15) is 23.1 Å². The standard InChI is InChI=1S/C12H18N3O2.CH4O4S/c1-15(2)9-7-13(8-10-15)11-3-5-12(6-4-11)14(16)17;1-5-6(2,3)4/h3-6H,7-10H2,1-2H3;1H3,(H,2,3,4)/q+1;/p-1. The van der Waals surface area contributed by atoms with Gasteiger partial charge in [-0.25, -0.2) is 8.42 Å². The third-order valence-electron chi connectivity index (χ3n) is 3.58. The number of anilines is 1. The molecule has 1 aliphatic heterocycles. The number of nitro benzene ring substituents is 1. The highest BCUT2D eigenvalue weighted by Gasteiger charge is 2.24. The number of nitro groups is 1. The molecule has 0 N–H and O–H groups in total. The molecule has 1 aliphatic rings. The molecule has 23 heavy (non-hydrogen) atoms. The third-order valence-corrected chi connectivity index (χ3v) is 3.99. The number of piperazine rings is 1. The monoisotopic (exact) mass is 347 g/mol. The van der Waals surface area contributed by atoms with Crippen LogP contribution < -0.4 is 4.90 Å². The van der Waals surface area contributed by atoms with Crippen LogP contribution in [0, 0.1) is 10.1 Å². The maximum atomic E-state index is 10.6. The number of non-ortho nitro benzene ring substituents is 1. The molecule has 0 bridgehead atoms. The summed E-state index contributed by atoms with van der Waals surface area (Å²) in [6.07, 6.45) is 0. The number of hydrogen-bond donors (Lipinski definition) is 0. The summed E-state index contributed by atoms with van der Waals surface area (Å²) in [5.41, 5.74) is 1.23. The van der Waals surface area contributed by atoms with Crippen molar-refractivity contribution in [3.05, 3.63) is 34.4 Å². The lowest BCUT2D eigenvalue weighted by molar-refractivity contribution is -0.890. The lowest BCUT2D eigenvalue weighted by atomic mass is 10.2. The van der Waals surface area contributed by atoms with Crippen LogP contribution in [-0.2, 0) is 14.6 Å². The highest BCUT2D eigenvalue weighted by Crippen LogP contribution is 2.21. The van der Waals surface area contributed by atoms with E-state index in [1.807, 2.05) is 12.1 Å². The van der Waals surface area contributed by atoms with Crippen molar-refractivity contribution < 1.29 is 26.6 Å². The molecule has 0 amide bonds. The summed E-state index contributed by atoms with van der Waals surface area (Å²) >= 11 is 0. The van der Waals surface area contributed by atoms with Crippen molar-refractivity contribution in [1.82, 2.24) is 0 Å². The predicted molar refractivity (Wildman–Crippen MR) is 83.9 cm³/mol. The number of hydrogen-bond acceptors (Lipinski definition) is 7. The molecular formula is C13H21N3O6S. The molecule has 0 saturated carbocycles. The minimum absolute atomic E-state index is 0.155. The Morgan fingerprint density at radius 3 is 1.96 bits per heavy atom. The Hall–Kier alpha value is -1.75. The zero-order valence-electron chi connectivity index (χ0n) is 13.3. The molecule has 1 heterocycles. The second-order valence-corrected chi connectivity index (χ2v) is 6.87. The first-order chi connectivity index (χ1) is 10.5. The molecule has 0 aromatic heterocycles. The van der Waals surface area contributed by atoms with Gasteiger partial charge in [-0.3, -0.25) is 14.3 Å². The summed E-state index contributed by atoms with van der Waals surface area (Å²) in [6, 6.07) is 6.82. The van der Waals surface area contributed by atoms with Gasteiger partial charge in [0.25, 0.3) is 5.69 Å². The van der Waals surface area contributed by atoms with E-state index in [4.69, 9.17) is 0 Å². The molecule has 1 aromatic carbocycles. The maximum absolute atomic E-state index is 10.6. The maximum Gasteiger partial charge on any atom is 0.269 e. The van der Waals surface area contributed by atoms with Crippen LogP contribution in [0.3, 0.4) is 0 Å². The Morgan fingerprint density at radius 2 is 1.61 bits per heavy atom. The van der Waals surface area contributed by atoms with Crippen LogP contribution in [0.25, 0.3) is 0 Å². The minimum Gasteiger partial charge on any atom is -0.726 e. The quantitative estimate of drug-likeness (QED) is 0.258. The van der Waals surface area contributed by atoms with Gasteiger partial charge in [-0.2, -0.15) is 0 Å². The minimum atomic E-state index is -4.41. The predicted octanol–water partition coefficient (Wildman–Crippen LogP) is 0.584. The number of quaternary nitrogens is 1. The SMILES string of the molecule is COS(=O)(=O)[O-].C[N+]1(C)CCN(c2ccc([N+](=O)[O-])cc2)CC1. The molecular weight excluding hydrogens is 326 g/mol. The molecule has 9 nitrogen and oxygen atoms in total. The van der Waals surface area contributed by atoms with Gasteiger partial charge in [0.1, 0.15) is 0 Å². The molecule has 0 radical (unpaired) electrons. The molecule has 1 fully saturated rings. The Bertz CT molecular complexity index is 620. The smallest absolute Gasteiger partial charge is 0.269 e. The summed E-state index contributed by atoms with van der Waals surface area (Å²) in [5, 5.41) is 10.6. The second kappa shape index (κ2) is 7.68. The normalized spacial score (nSPS) is 17.1. The Balaban J connectivity index is 0.000000379. The second-order valence-electron chi connectivity index (χ2n) is 5.72. The van der Waals surface area contributed by atoms with E-state index < -0.39 is 10.4 Å². The summed E-state index contributed by atoms with van der Waals surface area (Å²) in [4.78, 5) is 12.5. The summed E-state index contributed by atoms with van der Waals surface area (Å²) in [5.74, 6) is 0. The van der Waals surface area contributed by atoms with E-state index in [0.717, 1.165) is 43.5 Å².